The topological polar surface area (TPSA) is 49.8 Å². The Morgan fingerprint density at radius 3 is 2.62 bits per heavy atom. The van der Waals surface area contributed by atoms with E-state index in [4.69, 9.17) is 0 Å². The van der Waals surface area contributed by atoms with Crippen molar-refractivity contribution in [2.24, 2.45) is 5.92 Å². The minimum Gasteiger partial charge on any atom is -0.370 e. The molecule has 4 nitrogen and oxygen atoms in total. The average molecular weight is 240 g/mol. The monoisotopic (exact) mass is 240 g/mol. The van der Waals surface area contributed by atoms with Crippen molar-refractivity contribution in [3.05, 3.63) is 12.4 Å². The van der Waals surface area contributed by atoms with Crippen molar-refractivity contribution in [1.82, 2.24) is 9.97 Å². The summed E-state index contributed by atoms with van der Waals surface area (Å²) in [6.07, 6.45) is 3.71. The van der Waals surface area contributed by atoms with E-state index in [9.17, 15) is 0 Å². The first-order valence-corrected chi connectivity index (χ1v) is 6.94. The highest BCUT2D eigenvalue weighted by Gasteiger charge is 2.02. The Kier molecular flexibility index (Phi) is 6.00. The van der Waals surface area contributed by atoms with E-state index < -0.39 is 0 Å². The highest BCUT2D eigenvalue weighted by molar-refractivity contribution is 7.98. The number of anilines is 2. The molecule has 0 fully saturated rings. The Morgan fingerprint density at radius 1 is 1.31 bits per heavy atom. The molecule has 0 spiro atoms. The lowest BCUT2D eigenvalue weighted by Crippen LogP contribution is -2.14. The molecule has 0 radical (unpaired) electrons. The number of thioether (sulfide) groups is 1. The van der Waals surface area contributed by atoms with E-state index in [0.717, 1.165) is 30.5 Å². The Balaban J connectivity index is 2.44. The molecule has 90 valence electrons. The summed E-state index contributed by atoms with van der Waals surface area (Å²) in [5.41, 5.74) is 0. The number of hydrogen-bond donors (Lipinski definition) is 2. The minimum absolute atomic E-state index is 0.646. The van der Waals surface area contributed by atoms with E-state index in [2.05, 4.69) is 40.7 Å². The van der Waals surface area contributed by atoms with Crippen molar-refractivity contribution in [3.63, 3.8) is 0 Å². The fourth-order valence-electron chi connectivity index (χ4n) is 1.35. The van der Waals surface area contributed by atoms with Gasteiger partial charge in [-0.2, -0.15) is 11.8 Å². The highest BCUT2D eigenvalue weighted by atomic mass is 32.2. The Bertz CT molecular complexity index is 306. The lowest BCUT2D eigenvalue weighted by atomic mass is 10.2. The molecule has 0 saturated heterocycles. The second-order valence-corrected chi connectivity index (χ2v) is 4.67. The van der Waals surface area contributed by atoms with Gasteiger partial charge in [0.2, 0.25) is 0 Å². The molecule has 1 aromatic rings. The van der Waals surface area contributed by atoms with Gasteiger partial charge in [0, 0.05) is 19.2 Å². The molecule has 0 aliphatic carbocycles. The first-order chi connectivity index (χ1) is 7.76. The van der Waals surface area contributed by atoms with Crippen LogP contribution >= 0.6 is 11.8 Å². The second-order valence-electron chi connectivity index (χ2n) is 3.76. The fraction of sp³-hybridized carbons (Fsp3) is 0.636. The predicted octanol–water partition coefficient (Wildman–Crippen LogP) is 2.32. The molecule has 0 aliphatic rings. The molecule has 1 atom stereocenters. The van der Waals surface area contributed by atoms with Crippen LogP contribution in [0.1, 0.15) is 13.8 Å². The van der Waals surface area contributed by atoms with Crippen molar-refractivity contribution in [2.45, 2.75) is 13.8 Å². The standard InChI is InChI=1S/C11H20N4S/c1-4-12-10-5-11(15-8-14-10)13-6-9(2)7-16-3/h5,8-9H,4,6-7H2,1-3H3,(H2,12,13,14,15). The van der Waals surface area contributed by atoms with Crippen LogP contribution in [0.3, 0.4) is 0 Å². The van der Waals surface area contributed by atoms with Crippen LogP contribution in [0, 0.1) is 5.92 Å². The van der Waals surface area contributed by atoms with Gasteiger partial charge < -0.3 is 10.6 Å². The second kappa shape index (κ2) is 7.33. The van der Waals surface area contributed by atoms with Gasteiger partial charge in [0.25, 0.3) is 0 Å². The van der Waals surface area contributed by atoms with Crippen LogP contribution in [0.2, 0.25) is 0 Å². The smallest absolute Gasteiger partial charge is 0.131 e. The van der Waals surface area contributed by atoms with E-state index in [1.165, 1.54) is 0 Å². The van der Waals surface area contributed by atoms with Crippen LogP contribution in [0.4, 0.5) is 11.6 Å². The molecule has 5 heteroatoms. The maximum absolute atomic E-state index is 4.18. The summed E-state index contributed by atoms with van der Waals surface area (Å²) in [4.78, 5) is 8.31. The molecule has 1 heterocycles. The third kappa shape index (κ3) is 4.70. The van der Waals surface area contributed by atoms with Gasteiger partial charge in [-0.25, -0.2) is 9.97 Å². The Morgan fingerprint density at radius 2 is 2.00 bits per heavy atom. The molecule has 16 heavy (non-hydrogen) atoms. The largest absolute Gasteiger partial charge is 0.370 e. The molecular weight excluding hydrogens is 220 g/mol. The molecule has 1 unspecified atom stereocenters. The van der Waals surface area contributed by atoms with Gasteiger partial charge in [0.1, 0.15) is 18.0 Å². The van der Waals surface area contributed by atoms with Gasteiger partial charge in [-0.1, -0.05) is 6.92 Å². The minimum atomic E-state index is 0.646. The summed E-state index contributed by atoms with van der Waals surface area (Å²) in [5.74, 6) is 3.57. The van der Waals surface area contributed by atoms with Gasteiger partial charge in [-0.3, -0.25) is 0 Å². The van der Waals surface area contributed by atoms with E-state index in [1.807, 2.05) is 17.8 Å². The van der Waals surface area contributed by atoms with E-state index >= 15 is 0 Å². The third-order valence-electron chi connectivity index (χ3n) is 2.11. The fourth-order valence-corrected chi connectivity index (χ4v) is 2.04. The van der Waals surface area contributed by atoms with Crippen LogP contribution in [-0.4, -0.2) is 35.1 Å². The lowest BCUT2D eigenvalue weighted by Gasteiger charge is -2.12. The molecule has 0 aromatic carbocycles. The number of aromatic nitrogens is 2. The summed E-state index contributed by atoms with van der Waals surface area (Å²) < 4.78 is 0. The SMILES string of the molecule is CCNc1cc(NCC(C)CSC)ncn1. The summed E-state index contributed by atoms with van der Waals surface area (Å²) in [5, 5.41) is 6.49. The maximum Gasteiger partial charge on any atom is 0.131 e. The number of rotatable bonds is 7. The zero-order valence-corrected chi connectivity index (χ0v) is 11.0. The van der Waals surface area contributed by atoms with Crippen molar-refractivity contribution >= 4 is 23.4 Å². The molecule has 2 N–H and O–H groups in total. The number of nitrogens with one attached hydrogen (secondary N) is 2. The van der Waals surface area contributed by atoms with E-state index in [1.54, 1.807) is 6.33 Å². The zero-order valence-electron chi connectivity index (χ0n) is 10.2. The van der Waals surface area contributed by atoms with Crippen molar-refractivity contribution < 1.29 is 0 Å². The van der Waals surface area contributed by atoms with Gasteiger partial charge in [-0.15, -0.1) is 0 Å². The van der Waals surface area contributed by atoms with E-state index in [-0.39, 0.29) is 0 Å². The van der Waals surface area contributed by atoms with Crippen molar-refractivity contribution in [2.75, 3.05) is 35.7 Å². The normalized spacial score (nSPS) is 12.2. The number of hydrogen-bond acceptors (Lipinski definition) is 5. The predicted molar refractivity (Wildman–Crippen MR) is 72.2 cm³/mol. The first-order valence-electron chi connectivity index (χ1n) is 5.55. The van der Waals surface area contributed by atoms with Crippen molar-refractivity contribution in [3.8, 4) is 0 Å². The lowest BCUT2D eigenvalue weighted by molar-refractivity contribution is 0.699. The molecule has 0 amide bonds. The van der Waals surface area contributed by atoms with E-state index in [0.29, 0.717) is 5.92 Å². The maximum atomic E-state index is 4.18. The summed E-state index contributed by atoms with van der Waals surface area (Å²) in [6.45, 7) is 6.11. The van der Waals surface area contributed by atoms with Crippen LogP contribution in [0.15, 0.2) is 12.4 Å². The third-order valence-corrected chi connectivity index (χ3v) is 3.01. The molecular formula is C11H20N4S. The molecule has 0 saturated carbocycles. The molecule has 1 aromatic heterocycles. The van der Waals surface area contributed by atoms with Gasteiger partial charge in [0.05, 0.1) is 0 Å². The molecule has 0 aliphatic heterocycles. The van der Waals surface area contributed by atoms with Crippen molar-refractivity contribution in [1.29, 1.82) is 0 Å². The Hall–Kier alpha value is -0.970. The Labute approximate surface area is 102 Å². The summed E-state index contributed by atoms with van der Waals surface area (Å²) in [7, 11) is 0. The van der Waals surface area contributed by atoms with Crippen LogP contribution in [0.25, 0.3) is 0 Å². The highest BCUT2D eigenvalue weighted by Crippen LogP contribution is 2.10. The first kappa shape index (κ1) is 13.1. The molecule has 0 bridgehead atoms. The van der Waals surface area contributed by atoms with Gasteiger partial charge >= 0.3 is 0 Å². The van der Waals surface area contributed by atoms with Crippen LogP contribution in [0.5, 0.6) is 0 Å². The van der Waals surface area contributed by atoms with Crippen LogP contribution in [-0.2, 0) is 0 Å². The average Bonchev–Trinajstić information content (AvgIpc) is 2.28. The zero-order chi connectivity index (χ0) is 11.8. The summed E-state index contributed by atoms with van der Waals surface area (Å²) >= 11 is 1.87. The van der Waals surface area contributed by atoms with Gasteiger partial charge in [0.15, 0.2) is 0 Å². The van der Waals surface area contributed by atoms with Gasteiger partial charge in [-0.05, 0) is 24.9 Å². The quantitative estimate of drug-likeness (QED) is 0.766. The van der Waals surface area contributed by atoms with Crippen LogP contribution < -0.4 is 10.6 Å². The number of nitrogens with zero attached hydrogens (tertiary/aromatic N) is 2. The summed E-state index contributed by atoms with van der Waals surface area (Å²) in [6, 6.07) is 1.94. The molecule has 1 rings (SSSR count).